The molecule has 0 aromatic rings. The Morgan fingerprint density at radius 2 is 2.00 bits per heavy atom. The van der Waals surface area contributed by atoms with Crippen LogP contribution in [-0.2, 0) is 4.74 Å². The van der Waals surface area contributed by atoms with Gasteiger partial charge in [0.1, 0.15) is 0 Å². The normalized spacial score (nSPS) is 49.3. The van der Waals surface area contributed by atoms with E-state index in [1.54, 1.807) is 6.26 Å². The number of fused-ring (bicyclic) bond motifs is 5. The second kappa shape index (κ2) is 3.29. The molecule has 0 radical (unpaired) electrons. The third kappa shape index (κ3) is 1.14. The fourth-order valence-electron chi connectivity index (χ4n) is 4.59. The quantitative estimate of drug-likeness (QED) is 0.624. The number of hydrogen-bond donors (Lipinski definition) is 0. The zero-order valence-corrected chi connectivity index (χ0v) is 8.82. The molecular weight excluding hydrogens is 172 g/mol. The van der Waals surface area contributed by atoms with Crippen LogP contribution in [0.2, 0.25) is 0 Å². The second-order valence-electron chi connectivity index (χ2n) is 5.41. The molecule has 14 heavy (non-hydrogen) atoms. The van der Waals surface area contributed by atoms with Crippen LogP contribution < -0.4 is 0 Å². The average molecular weight is 192 g/mol. The van der Waals surface area contributed by atoms with Crippen LogP contribution in [0.15, 0.2) is 12.8 Å². The summed E-state index contributed by atoms with van der Waals surface area (Å²) in [5, 5.41) is 0. The molecule has 0 amide bonds. The highest BCUT2D eigenvalue weighted by molar-refractivity contribution is 5.02. The van der Waals surface area contributed by atoms with Crippen LogP contribution in [0.3, 0.4) is 0 Å². The van der Waals surface area contributed by atoms with Gasteiger partial charge in [-0.25, -0.2) is 0 Å². The van der Waals surface area contributed by atoms with Gasteiger partial charge in [-0.2, -0.15) is 0 Å². The van der Waals surface area contributed by atoms with Crippen molar-refractivity contribution in [2.45, 2.75) is 32.1 Å². The molecule has 3 saturated carbocycles. The van der Waals surface area contributed by atoms with E-state index < -0.39 is 0 Å². The molecule has 0 aromatic carbocycles. The summed E-state index contributed by atoms with van der Waals surface area (Å²) >= 11 is 0. The number of rotatable bonds is 3. The minimum atomic E-state index is 0.859. The zero-order chi connectivity index (χ0) is 9.54. The van der Waals surface area contributed by atoms with Crippen molar-refractivity contribution in [1.29, 1.82) is 0 Å². The van der Waals surface area contributed by atoms with Gasteiger partial charge in [0.2, 0.25) is 0 Å². The predicted octanol–water partition coefficient (Wildman–Crippen LogP) is 3.22. The lowest BCUT2D eigenvalue weighted by atomic mass is 9.76. The van der Waals surface area contributed by atoms with E-state index in [0.717, 1.165) is 36.2 Å². The molecule has 5 atom stereocenters. The molecule has 3 fully saturated rings. The van der Waals surface area contributed by atoms with Gasteiger partial charge < -0.3 is 4.74 Å². The number of hydrogen-bond acceptors (Lipinski definition) is 1. The van der Waals surface area contributed by atoms with Crippen LogP contribution in [-0.4, -0.2) is 6.61 Å². The van der Waals surface area contributed by atoms with E-state index in [2.05, 4.69) is 6.58 Å². The first-order valence-corrected chi connectivity index (χ1v) is 6.12. The molecular formula is C13H20O. The van der Waals surface area contributed by atoms with Gasteiger partial charge in [0.05, 0.1) is 12.9 Å². The molecule has 2 bridgehead atoms. The molecule has 1 nitrogen and oxygen atoms in total. The summed E-state index contributed by atoms with van der Waals surface area (Å²) in [5.41, 5.74) is 0. The van der Waals surface area contributed by atoms with Gasteiger partial charge in [-0.15, -0.1) is 0 Å². The SMILES string of the molecule is C=COC[C@@H]1C[C@@H]2C[C@H]1[C@@H]1CCC[C@H]21. The largest absolute Gasteiger partial charge is 0.502 e. The molecule has 3 aliphatic rings. The highest BCUT2D eigenvalue weighted by Gasteiger charge is 2.53. The standard InChI is InChI=1S/C13H20O/c1-2-14-8-10-6-9-7-13(10)12-5-3-4-11(9)12/h2,9-13H,1,3-8H2/t9-,10+,11-,12-,13-/m1/s1. The lowest BCUT2D eigenvalue weighted by Crippen LogP contribution is -2.26. The maximum absolute atomic E-state index is 5.38. The topological polar surface area (TPSA) is 9.23 Å². The number of ether oxygens (including phenoxy) is 1. The van der Waals surface area contributed by atoms with E-state index >= 15 is 0 Å². The molecule has 0 aromatic heterocycles. The Morgan fingerprint density at radius 1 is 1.14 bits per heavy atom. The Hall–Kier alpha value is -0.460. The monoisotopic (exact) mass is 192 g/mol. The van der Waals surface area contributed by atoms with Gasteiger partial charge in [0.25, 0.3) is 0 Å². The molecule has 0 spiro atoms. The molecule has 1 heteroatoms. The molecule has 0 heterocycles. The van der Waals surface area contributed by atoms with Gasteiger partial charge in [0.15, 0.2) is 0 Å². The van der Waals surface area contributed by atoms with Crippen molar-refractivity contribution in [3.8, 4) is 0 Å². The van der Waals surface area contributed by atoms with Crippen LogP contribution in [0.25, 0.3) is 0 Å². The maximum Gasteiger partial charge on any atom is 0.0903 e. The molecule has 0 saturated heterocycles. The molecule has 3 rings (SSSR count). The van der Waals surface area contributed by atoms with Gasteiger partial charge in [0, 0.05) is 0 Å². The van der Waals surface area contributed by atoms with Crippen molar-refractivity contribution < 1.29 is 4.74 Å². The van der Waals surface area contributed by atoms with E-state index in [1.807, 2.05) is 0 Å². The van der Waals surface area contributed by atoms with Crippen LogP contribution in [0, 0.1) is 29.6 Å². The average Bonchev–Trinajstić information content (AvgIpc) is 2.85. The summed E-state index contributed by atoms with van der Waals surface area (Å²) in [7, 11) is 0. The van der Waals surface area contributed by atoms with Crippen LogP contribution >= 0.6 is 0 Å². The Balaban J connectivity index is 1.68. The fourth-order valence-corrected chi connectivity index (χ4v) is 4.59. The summed E-state index contributed by atoms with van der Waals surface area (Å²) in [5.74, 6) is 5.11. The van der Waals surface area contributed by atoms with Gasteiger partial charge in [-0.05, 0) is 55.3 Å². The van der Waals surface area contributed by atoms with Crippen molar-refractivity contribution >= 4 is 0 Å². The summed E-state index contributed by atoms with van der Waals surface area (Å²) in [6.07, 6.45) is 9.10. The molecule has 78 valence electrons. The van der Waals surface area contributed by atoms with Crippen molar-refractivity contribution in [2.75, 3.05) is 6.61 Å². The Labute approximate surface area is 86.5 Å². The van der Waals surface area contributed by atoms with E-state index in [4.69, 9.17) is 4.74 Å². The molecule has 0 unspecified atom stereocenters. The first kappa shape index (κ1) is 8.82. The van der Waals surface area contributed by atoms with E-state index in [0.29, 0.717) is 0 Å². The summed E-state index contributed by atoms with van der Waals surface area (Å²) < 4.78 is 5.38. The van der Waals surface area contributed by atoms with Crippen molar-refractivity contribution in [1.82, 2.24) is 0 Å². The van der Waals surface area contributed by atoms with Crippen LogP contribution in [0.4, 0.5) is 0 Å². The smallest absolute Gasteiger partial charge is 0.0903 e. The van der Waals surface area contributed by atoms with Crippen molar-refractivity contribution in [3.05, 3.63) is 12.8 Å². The first-order valence-electron chi connectivity index (χ1n) is 6.12. The summed E-state index contributed by atoms with van der Waals surface area (Å²) in [6.45, 7) is 4.57. The fraction of sp³-hybridized carbons (Fsp3) is 0.846. The Bertz CT molecular complexity index is 235. The van der Waals surface area contributed by atoms with Gasteiger partial charge in [-0.1, -0.05) is 13.0 Å². The minimum Gasteiger partial charge on any atom is -0.502 e. The summed E-state index contributed by atoms with van der Waals surface area (Å²) in [6, 6.07) is 0. The first-order chi connectivity index (χ1) is 6.90. The molecule has 3 aliphatic carbocycles. The maximum atomic E-state index is 5.38. The highest BCUT2D eigenvalue weighted by atomic mass is 16.5. The van der Waals surface area contributed by atoms with Crippen molar-refractivity contribution in [3.63, 3.8) is 0 Å². The van der Waals surface area contributed by atoms with E-state index in [-0.39, 0.29) is 0 Å². The van der Waals surface area contributed by atoms with E-state index in [1.165, 1.54) is 32.1 Å². The molecule has 0 N–H and O–H groups in total. The minimum absolute atomic E-state index is 0.859. The van der Waals surface area contributed by atoms with Crippen LogP contribution in [0.1, 0.15) is 32.1 Å². The molecule has 0 aliphatic heterocycles. The van der Waals surface area contributed by atoms with Gasteiger partial charge >= 0.3 is 0 Å². The Morgan fingerprint density at radius 3 is 2.86 bits per heavy atom. The lowest BCUT2D eigenvalue weighted by molar-refractivity contribution is 0.109. The Kier molecular flexibility index (Phi) is 2.07. The van der Waals surface area contributed by atoms with Gasteiger partial charge in [-0.3, -0.25) is 0 Å². The third-order valence-corrected chi connectivity index (χ3v) is 4.99. The van der Waals surface area contributed by atoms with E-state index in [9.17, 15) is 0 Å². The van der Waals surface area contributed by atoms with Crippen molar-refractivity contribution in [2.24, 2.45) is 29.6 Å². The summed E-state index contributed by atoms with van der Waals surface area (Å²) in [4.78, 5) is 0. The third-order valence-electron chi connectivity index (χ3n) is 4.99. The lowest BCUT2D eigenvalue weighted by Gasteiger charge is -2.31. The highest BCUT2D eigenvalue weighted by Crippen LogP contribution is 2.60. The zero-order valence-electron chi connectivity index (χ0n) is 8.82. The predicted molar refractivity (Wildman–Crippen MR) is 56.7 cm³/mol. The second-order valence-corrected chi connectivity index (χ2v) is 5.41. The van der Waals surface area contributed by atoms with Crippen LogP contribution in [0.5, 0.6) is 0 Å².